The van der Waals surface area contributed by atoms with Gasteiger partial charge in [0.1, 0.15) is 5.82 Å². The number of carbonyl (C=O) groups is 2. The molecule has 1 saturated heterocycles. The number of halogens is 2. The number of ether oxygens (including phenoxy) is 2. The highest BCUT2D eigenvalue weighted by atomic mass is 35.5. The highest BCUT2D eigenvalue weighted by molar-refractivity contribution is 6.33. The molecule has 0 aromatic heterocycles. The van der Waals surface area contributed by atoms with Crippen molar-refractivity contribution in [3.63, 3.8) is 0 Å². The summed E-state index contributed by atoms with van der Waals surface area (Å²) < 4.78 is 23.6. The molecule has 2 aromatic rings. The van der Waals surface area contributed by atoms with Crippen LogP contribution in [0.2, 0.25) is 5.02 Å². The first-order valence-corrected chi connectivity index (χ1v) is 9.08. The van der Waals surface area contributed by atoms with E-state index >= 15 is 0 Å². The van der Waals surface area contributed by atoms with Crippen LogP contribution in [0, 0.1) is 5.82 Å². The van der Waals surface area contributed by atoms with Gasteiger partial charge in [0.05, 0.1) is 24.8 Å². The van der Waals surface area contributed by atoms with E-state index in [0.717, 1.165) is 6.07 Å². The van der Waals surface area contributed by atoms with E-state index in [2.05, 4.69) is 0 Å². The van der Waals surface area contributed by atoms with Gasteiger partial charge in [0.25, 0.3) is 11.8 Å². The second-order valence-corrected chi connectivity index (χ2v) is 6.69. The number of piperazine rings is 1. The van der Waals surface area contributed by atoms with Crippen molar-refractivity contribution in [2.24, 2.45) is 0 Å². The van der Waals surface area contributed by atoms with Crippen LogP contribution in [0.15, 0.2) is 36.4 Å². The van der Waals surface area contributed by atoms with Gasteiger partial charge in [-0.3, -0.25) is 9.59 Å². The molecule has 0 spiro atoms. The molecule has 0 N–H and O–H groups in total. The number of amides is 2. The molecule has 1 fully saturated rings. The molecule has 148 valence electrons. The fourth-order valence-corrected chi connectivity index (χ4v) is 3.35. The first kappa shape index (κ1) is 19.9. The van der Waals surface area contributed by atoms with Gasteiger partial charge in [-0.25, -0.2) is 4.39 Å². The minimum atomic E-state index is -0.494. The third-order valence-corrected chi connectivity index (χ3v) is 4.96. The van der Waals surface area contributed by atoms with Crippen LogP contribution < -0.4 is 9.47 Å². The van der Waals surface area contributed by atoms with Crippen LogP contribution >= 0.6 is 11.6 Å². The van der Waals surface area contributed by atoms with Gasteiger partial charge in [-0.1, -0.05) is 11.6 Å². The molecule has 0 atom stereocenters. The molecule has 6 nitrogen and oxygen atoms in total. The Labute approximate surface area is 167 Å². The molecule has 0 aliphatic carbocycles. The Balaban J connectivity index is 1.66. The number of rotatable bonds is 4. The monoisotopic (exact) mass is 406 g/mol. The Hall–Kier alpha value is -2.80. The van der Waals surface area contributed by atoms with Crippen LogP contribution in [0.4, 0.5) is 4.39 Å². The van der Waals surface area contributed by atoms with Crippen molar-refractivity contribution in [2.45, 2.75) is 0 Å². The van der Waals surface area contributed by atoms with Crippen LogP contribution in [-0.4, -0.2) is 62.0 Å². The van der Waals surface area contributed by atoms with Crippen molar-refractivity contribution >= 4 is 23.4 Å². The average molecular weight is 407 g/mol. The van der Waals surface area contributed by atoms with Crippen LogP contribution in [-0.2, 0) is 0 Å². The van der Waals surface area contributed by atoms with Gasteiger partial charge in [-0.15, -0.1) is 0 Å². The van der Waals surface area contributed by atoms with Crippen LogP contribution in [0.25, 0.3) is 0 Å². The lowest BCUT2D eigenvalue weighted by Crippen LogP contribution is -2.50. The summed E-state index contributed by atoms with van der Waals surface area (Å²) in [5.74, 6) is 0.113. The van der Waals surface area contributed by atoms with E-state index in [-0.39, 0.29) is 22.4 Å². The average Bonchev–Trinajstić information content (AvgIpc) is 2.72. The maximum Gasteiger partial charge on any atom is 0.255 e. The highest BCUT2D eigenvalue weighted by Gasteiger charge is 2.27. The summed E-state index contributed by atoms with van der Waals surface area (Å²) in [7, 11) is 3.04. The van der Waals surface area contributed by atoms with Crippen molar-refractivity contribution in [1.29, 1.82) is 0 Å². The number of benzene rings is 2. The maximum absolute atomic E-state index is 13.2. The van der Waals surface area contributed by atoms with Crippen molar-refractivity contribution in [1.82, 2.24) is 9.80 Å². The van der Waals surface area contributed by atoms with E-state index < -0.39 is 5.82 Å². The van der Waals surface area contributed by atoms with Crippen LogP contribution in [0.5, 0.6) is 11.5 Å². The van der Waals surface area contributed by atoms with Gasteiger partial charge in [0.15, 0.2) is 11.5 Å². The molecule has 2 aromatic carbocycles. The molecule has 28 heavy (non-hydrogen) atoms. The Morgan fingerprint density at radius 2 is 1.50 bits per heavy atom. The van der Waals surface area contributed by atoms with Gasteiger partial charge in [0.2, 0.25) is 0 Å². The summed E-state index contributed by atoms with van der Waals surface area (Å²) in [6.07, 6.45) is 0. The molecular formula is C20H20ClFN2O4. The lowest BCUT2D eigenvalue weighted by molar-refractivity contribution is 0.0535. The van der Waals surface area contributed by atoms with Gasteiger partial charge in [-0.2, -0.15) is 0 Å². The summed E-state index contributed by atoms with van der Waals surface area (Å²) in [5.41, 5.74) is 0.738. The fraction of sp³-hybridized carbons (Fsp3) is 0.300. The summed E-state index contributed by atoms with van der Waals surface area (Å²) in [4.78, 5) is 28.7. The highest BCUT2D eigenvalue weighted by Crippen LogP contribution is 2.28. The van der Waals surface area contributed by atoms with Crippen LogP contribution in [0.1, 0.15) is 20.7 Å². The molecule has 0 radical (unpaired) electrons. The Morgan fingerprint density at radius 3 is 2.07 bits per heavy atom. The number of hydrogen-bond donors (Lipinski definition) is 0. The zero-order valence-electron chi connectivity index (χ0n) is 15.6. The summed E-state index contributed by atoms with van der Waals surface area (Å²) in [5, 5.41) is 0.0776. The molecule has 0 saturated carbocycles. The van der Waals surface area contributed by atoms with Gasteiger partial charge < -0.3 is 19.3 Å². The smallest absolute Gasteiger partial charge is 0.255 e. The Kier molecular flexibility index (Phi) is 6.04. The van der Waals surface area contributed by atoms with E-state index in [1.54, 1.807) is 28.0 Å². The first-order chi connectivity index (χ1) is 13.4. The fourth-order valence-electron chi connectivity index (χ4n) is 3.10. The number of nitrogens with zero attached hydrogens (tertiary/aromatic N) is 2. The largest absolute Gasteiger partial charge is 0.493 e. The van der Waals surface area contributed by atoms with E-state index in [0.29, 0.717) is 43.2 Å². The molecule has 3 rings (SSSR count). The van der Waals surface area contributed by atoms with E-state index in [9.17, 15) is 14.0 Å². The zero-order valence-corrected chi connectivity index (χ0v) is 16.3. The minimum Gasteiger partial charge on any atom is -0.493 e. The van der Waals surface area contributed by atoms with Crippen molar-refractivity contribution in [3.8, 4) is 11.5 Å². The summed E-state index contributed by atoms with van der Waals surface area (Å²) in [6.45, 7) is 1.51. The zero-order chi connectivity index (χ0) is 20.3. The van der Waals surface area contributed by atoms with Gasteiger partial charge in [0, 0.05) is 31.7 Å². The molecule has 0 unspecified atom stereocenters. The predicted octanol–water partition coefficient (Wildman–Crippen LogP) is 3.09. The molecule has 1 aliphatic rings. The van der Waals surface area contributed by atoms with E-state index in [4.69, 9.17) is 21.1 Å². The lowest BCUT2D eigenvalue weighted by Gasteiger charge is -2.35. The van der Waals surface area contributed by atoms with Gasteiger partial charge in [-0.05, 0) is 36.4 Å². The second kappa shape index (κ2) is 8.48. The summed E-state index contributed by atoms with van der Waals surface area (Å²) >= 11 is 5.98. The van der Waals surface area contributed by atoms with Crippen molar-refractivity contribution in [2.75, 3.05) is 40.4 Å². The molecule has 8 heteroatoms. The minimum absolute atomic E-state index is 0.0776. The Bertz CT molecular complexity index is 898. The lowest BCUT2D eigenvalue weighted by atomic mass is 10.1. The van der Waals surface area contributed by atoms with Gasteiger partial charge >= 0.3 is 0 Å². The number of hydrogen-bond acceptors (Lipinski definition) is 4. The predicted molar refractivity (Wildman–Crippen MR) is 103 cm³/mol. The summed E-state index contributed by atoms with van der Waals surface area (Å²) in [6, 6.07) is 8.70. The molecule has 0 bridgehead atoms. The quantitative estimate of drug-likeness (QED) is 0.783. The molecule has 1 heterocycles. The normalized spacial score (nSPS) is 14.0. The SMILES string of the molecule is COc1ccc(C(=O)N2CCN(C(=O)c3ccc(F)cc3Cl)CC2)cc1OC. The van der Waals surface area contributed by atoms with Crippen molar-refractivity contribution < 1.29 is 23.5 Å². The molecule has 1 aliphatic heterocycles. The maximum atomic E-state index is 13.2. The number of carbonyl (C=O) groups excluding carboxylic acids is 2. The van der Waals surface area contributed by atoms with Crippen LogP contribution in [0.3, 0.4) is 0 Å². The molecule has 2 amide bonds. The Morgan fingerprint density at radius 1 is 0.893 bits per heavy atom. The van der Waals surface area contributed by atoms with E-state index in [1.165, 1.54) is 26.4 Å². The third-order valence-electron chi connectivity index (χ3n) is 4.65. The molecular weight excluding hydrogens is 387 g/mol. The standard InChI is InChI=1S/C20H20ClFN2O4/c1-27-17-6-3-13(11-18(17)28-2)19(25)23-7-9-24(10-8-23)20(26)15-5-4-14(22)12-16(15)21/h3-6,11-12H,7-10H2,1-2H3. The van der Waals surface area contributed by atoms with E-state index in [1.807, 2.05) is 0 Å². The third kappa shape index (κ3) is 4.04. The number of methoxy groups -OCH3 is 2. The first-order valence-electron chi connectivity index (χ1n) is 8.70. The van der Waals surface area contributed by atoms with Crippen molar-refractivity contribution in [3.05, 3.63) is 58.4 Å². The topological polar surface area (TPSA) is 59.1 Å². The second-order valence-electron chi connectivity index (χ2n) is 6.28.